The Hall–Kier alpha value is -2.32. The van der Waals surface area contributed by atoms with Crippen LogP contribution in [0.2, 0.25) is 0 Å². The second kappa shape index (κ2) is 13.4. The third-order valence-corrected chi connectivity index (χ3v) is 6.90. The van der Waals surface area contributed by atoms with Crippen molar-refractivity contribution in [3.8, 4) is 5.75 Å². The molecule has 3 rings (SSSR count). The quantitative estimate of drug-likeness (QED) is 0.108. The number of hydrogen-bond acceptors (Lipinski definition) is 6. The van der Waals surface area contributed by atoms with Crippen LogP contribution >= 0.6 is 24.0 Å². The van der Waals surface area contributed by atoms with Gasteiger partial charge in [-0.15, -0.1) is 29.1 Å². The fourth-order valence-corrected chi connectivity index (χ4v) is 4.90. The van der Waals surface area contributed by atoms with E-state index in [4.69, 9.17) is 10.5 Å². The molecule has 0 bridgehead atoms. The van der Waals surface area contributed by atoms with Crippen LogP contribution in [-0.2, 0) is 10.2 Å². The van der Waals surface area contributed by atoms with Crippen molar-refractivity contribution in [1.29, 1.82) is 0 Å². The zero-order valence-electron chi connectivity index (χ0n) is 18.6. The number of unbranched alkanes of at least 4 members (excludes halogenated alkanes) is 2. The standard InChI is InChI=1S/C21H29N7O3S.HI/c1-2-24-26-25-21(22)18-6-8-20(9-7-18)31-17-5-3-4-14-27-15-16-28(32(27,29)30)19-10-12-23-13-11-19;/h6-13H,2-5,14-17H2,1H3,(H2,22,24,25);1H. The Balaban J connectivity index is 0.00000385. The van der Waals surface area contributed by atoms with Crippen molar-refractivity contribution < 1.29 is 13.2 Å². The van der Waals surface area contributed by atoms with E-state index >= 15 is 0 Å². The summed E-state index contributed by atoms with van der Waals surface area (Å²) in [5.41, 5.74) is 7.26. The van der Waals surface area contributed by atoms with Crippen molar-refractivity contribution in [2.24, 2.45) is 21.2 Å². The van der Waals surface area contributed by atoms with Crippen LogP contribution in [0.5, 0.6) is 5.75 Å². The molecule has 1 aliphatic heterocycles. The lowest BCUT2D eigenvalue weighted by molar-refractivity contribution is 0.302. The van der Waals surface area contributed by atoms with Crippen molar-refractivity contribution >= 4 is 45.7 Å². The molecule has 1 saturated heterocycles. The van der Waals surface area contributed by atoms with Crippen molar-refractivity contribution in [1.82, 2.24) is 9.29 Å². The Morgan fingerprint density at radius 1 is 1.09 bits per heavy atom. The number of anilines is 1. The van der Waals surface area contributed by atoms with Crippen molar-refractivity contribution in [3.63, 3.8) is 0 Å². The molecule has 0 atom stereocenters. The largest absolute Gasteiger partial charge is 0.494 e. The normalized spacial score (nSPS) is 16.2. The first kappa shape index (κ1) is 26.9. The Bertz CT molecular complexity index is 1020. The van der Waals surface area contributed by atoms with Gasteiger partial charge in [0.2, 0.25) is 0 Å². The fraction of sp³-hybridized carbons (Fsp3) is 0.429. The van der Waals surface area contributed by atoms with E-state index in [0.717, 1.165) is 30.6 Å². The summed E-state index contributed by atoms with van der Waals surface area (Å²) < 4.78 is 34.2. The lowest BCUT2D eigenvalue weighted by Crippen LogP contribution is -2.33. The number of pyridine rings is 1. The third-order valence-electron chi connectivity index (χ3n) is 4.94. The van der Waals surface area contributed by atoms with E-state index in [-0.39, 0.29) is 24.0 Å². The molecule has 10 nitrogen and oxygen atoms in total. The number of amidine groups is 1. The average Bonchev–Trinajstić information content (AvgIpc) is 3.11. The van der Waals surface area contributed by atoms with Crippen LogP contribution in [0.3, 0.4) is 0 Å². The van der Waals surface area contributed by atoms with Gasteiger partial charge in [0.05, 0.1) is 18.8 Å². The molecule has 0 saturated carbocycles. The summed E-state index contributed by atoms with van der Waals surface area (Å²) in [6.07, 6.45) is 5.70. The molecule has 180 valence electrons. The van der Waals surface area contributed by atoms with Gasteiger partial charge in [0.25, 0.3) is 0 Å². The van der Waals surface area contributed by atoms with Crippen molar-refractivity contribution in [2.45, 2.75) is 26.2 Å². The average molecular weight is 587 g/mol. The number of ether oxygens (including phenoxy) is 1. The van der Waals surface area contributed by atoms with E-state index in [0.29, 0.717) is 44.3 Å². The van der Waals surface area contributed by atoms with Gasteiger partial charge in [-0.1, -0.05) is 0 Å². The van der Waals surface area contributed by atoms with Crippen LogP contribution in [0.25, 0.3) is 0 Å². The molecule has 1 aliphatic rings. The van der Waals surface area contributed by atoms with Gasteiger partial charge in [-0.2, -0.15) is 17.8 Å². The minimum absolute atomic E-state index is 0. The van der Waals surface area contributed by atoms with E-state index < -0.39 is 10.2 Å². The Morgan fingerprint density at radius 2 is 1.82 bits per heavy atom. The van der Waals surface area contributed by atoms with E-state index in [1.54, 1.807) is 28.8 Å². The molecule has 2 N–H and O–H groups in total. The molecule has 0 spiro atoms. The smallest absolute Gasteiger partial charge is 0.304 e. The van der Waals surface area contributed by atoms with Gasteiger partial charge in [-0.25, -0.2) is 0 Å². The Kier molecular flexibility index (Phi) is 10.9. The number of rotatable bonds is 11. The predicted molar refractivity (Wildman–Crippen MR) is 139 cm³/mol. The van der Waals surface area contributed by atoms with Gasteiger partial charge in [0, 0.05) is 37.6 Å². The molecule has 33 heavy (non-hydrogen) atoms. The fourth-order valence-electron chi connectivity index (χ4n) is 3.25. The van der Waals surface area contributed by atoms with E-state index in [9.17, 15) is 8.42 Å². The monoisotopic (exact) mass is 587 g/mol. The van der Waals surface area contributed by atoms with Crippen LogP contribution in [0.4, 0.5) is 5.69 Å². The summed E-state index contributed by atoms with van der Waals surface area (Å²) >= 11 is 0. The molecule has 12 heteroatoms. The first-order valence-corrected chi connectivity index (χ1v) is 12.0. The van der Waals surface area contributed by atoms with Crippen molar-refractivity contribution in [3.05, 3.63) is 54.4 Å². The second-order valence-electron chi connectivity index (χ2n) is 7.15. The number of hydrogen-bond donors (Lipinski definition) is 1. The van der Waals surface area contributed by atoms with Gasteiger partial charge in [-0.05, 0) is 67.8 Å². The molecule has 2 aromatic rings. The Labute approximate surface area is 212 Å². The molecule has 0 unspecified atom stereocenters. The van der Waals surface area contributed by atoms with E-state index in [2.05, 4.69) is 20.4 Å². The van der Waals surface area contributed by atoms with Gasteiger partial charge < -0.3 is 10.5 Å². The number of nitrogens with two attached hydrogens (primary N) is 1. The zero-order valence-corrected chi connectivity index (χ0v) is 21.7. The summed E-state index contributed by atoms with van der Waals surface area (Å²) in [5, 5.41) is 11.2. The maximum Gasteiger partial charge on any atom is 0.304 e. The van der Waals surface area contributed by atoms with Crippen LogP contribution in [0.1, 0.15) is 31.7 Å². The highest BCUT2D eigenvalue weighted by molar-refractivity contribution is 14.0. The van der Waals surface area contributed by atoms with Gasteiger partial charge in [0.1, 0.15) is 5.75 Å². The highest BCUT2D eigenvalue weighted by Gasteiger charge is 2.36. The second-order valence-corrected chi connectivity index (χ2v) is 9.00. The zero-order chi connectivity index (χ0) is 22.8. The van der Waals surface area contributed by atoms with Gasteiger partial charge in [-0.3, -0.25) is 9.29 Å². The van der Waals surface area contributed by atoms with Crippen LogP contribution in [0.15, 0.2) is 64.2 Å². The lowest BCUT2D eigenvalue weighted by Gasteiger charge is -2.19. The number of benzene rings is 1. The molecular weight excluding hydrogens is 557 g/mol. The molecule has 2 heterocycles. The number of aromatic nitrogens is 1. The SMILES string of the molecule is CCN=N/N=C(\N)c1ccc(OCCCCCN2CCN(c3ccncc3)S2(=O)=O)cc1.I. The predicted octanol–water partition coefficient (Wildman–Crippen LogP) is 3.41. The number of halogens is 1. The van der Waals surface area contributed by atoms with Gasteiger partial charge >= 0.3 is 10.2 Å². The van der Waals surface area contributed by atoms with Crippen LogP contribution in [-0.4, -0.2) is 56.3 Å². The highest BCUT2D eigenvalue weighted by atomic mass is 127. The highest BCUT2D eigenvalue weighted by Crippen LogP contribution is 2.24. The summed E-state index contributed by atoms with van der Waals surface area (Å²) in [4.78, 5) is 3.94. The molecule has 1 fully saturated rings. The molecular formula is C21H30IN7O3S. The Morgan fingerprint density at radius 3 is 2.52 bits per heavy atom. The topological polar surface area (TPSA) is 126 Å². The van der Waals surface area contributed by atoms with E-state index in [1.807, 2.05) is 31.2 Å². The minimum Gasteiger partial charge on any atom is -0.494 e. The molecule has 0 radical (unpaired) electrons. The summed E-state index contributed by atoms with van der Waals surface area (Å²) in [5.74, 6) is 1.04. The summed E-state index contributed by atoms with van der Waals surface area (Å²) in [6, 6.07) is 10.7. The van der Waals surface area contributed by atoms with Crippen LogP contribution < -0.4 is 14.8 Å². The number of nitrogens with zero attached hydrogens (tertiary/aromatic N) is 6. The first-order valence-electron chi connectivity index (χ1n) is 10.6. The van der Waals surface area contributed by atoms with Crippen molar-refractivity contribution in [2.75, 3.05) is 37.1 Å². The van der Waals surface area contributed by atoms with E-state index in [1.165, 1.54) is 4.31 Å². The van der Waals surface area contributed by atoms with Crippen LogP contribution in [0, 0.1) is 0 Å². The summed E-state index contributed by atoms with van der Waals surface area (Å²) in [6.45, 7) is 4.45. The molecule has 1 aromatic carbocycles. The molecule has 1 aromatic heterocycles. The third kappa shape index (κ3) is 7.61. The maximum atomic E-state index is 12.7. The first-order chi connectivity index (χ1) is 15.5. The summed E-state index contributed by atoms with van der Waals surface area (Å²) in [7, 11) is -3.46. The molecule has 0 amide bonds. The minimum atomic E-state index is -3.46. The molecule has 0 aliphatic carbocycles. The lowest BCUT2D eigenvalue weighted by atomic mass is 10.2. The van der Waals surface area contributed by atoms with Gasteiger partial charge in [0.15, 0.2) is 5.84 Å². The maximum absolute atomic E-state index is 12.7.